The second-order valence-corrected chi connectivity index (χ2v) is 14.5. The standard InChI is InChI=1S/C34H44N6O4S/c1-23-12-13-25(19-26(23)21-40-18-17-38(4)30-10-6-7-11-32(30)45(40,42)43)29(20-33(41)44-22-27-9-8-16-37(27)3)28-14-15-31-34(24(28)2)35-36-39(31)5/h6-7,10-15,19,27,29,42-43H,8-9,16-18,20-22H2,1-5H3. The third-order valence-corrected chi connectivity index (χ3v) is 11.6. The van der Waals surface area contributed by atoms with Crippen molar-refractivity contribution in [2.45, 2.75) is 56.5 Å². The number of carbonyl (C=O) groups is 1. The zero-order valence-electron chi connectivity index (χ0n) is 26.8. The van der Waals surface area contributed by atoms with E-state index in [1.165, 1.54) is 0 Å². The van der Waals surface area contributed by atoms with Crippen LogP contribution in [0.4, 0.5) is 5.69 Å². The smallest absolute Gasteiger partial charge is 0.306 e. The molecule has 0 saturated carbocycles. The molecule has 4 aromatic rings. The Kier molecular flexibility index (Phi) is 8.91. The van der Waals surface area contributed by atoms with Gasteiger partial charge in [-0.05, 0) is 86.3 Å². The zero-order valence-corrected chi connectivity index (χ0v) is 27.6. The number of anilines is 1. The molecule has 2 N–H and O–H groups in total. The van der Waals surface area contributed by atoms with Gasteiger partial charge in [0.25, 0.3) is 0 Å². The van der Waals surface area contributed by atoms with Crippen molar-refractivity contribution in [3.63, 3.8) is 0 Å². The predicted octanol–water partition coefficient (Wildman–Crippen LogP) is 5.72. The van der Waals surface area contributed by atoms with E-state index in [0.717, 1.165) is 63.9 Å². The summed E-state index contributed by atoms with van der Waals surface area (Å²) in [5.74, 6) is -0.511. The van der Waals surface area contributed by atoms with Gasteiger partial charge in [0, 0.05) is 45.7 Å². The number of carbonyl (C=O) groups excluding carboxylic acids is 1. The van der Waals surface area contributed by atoms with E-state index in [1.54, 1.807) is 15.1 Å². The minimum Gasteiger partial charge on any atom is -0.464 e. The molecule has 0 radical (unpaired) electrons. The Bertz CT molecular complexity index is 1710. The van der Waals surface area contributed by atoms with E-state index >= 15 is 0 Å². The van der Waals surface area contributed by atoms with E-state index < -0.39 is 10.8 Å². The molecule has 2 atom stereocenters. The van der Waals surface area contributed by atoms with Crippen LogP contribution in [0.1, 0.15) is 53.0 Å². The fourth-order valence-corrected chi connectivity index (χ4v) is 8.43. The molecule has 10 nitrogen and oxygen atoms in total. The number of aryl methyl sites for hydroxylation is 3. The highest BCUT2D eigenvalue weighted by Crippen LogP contribution is 2.56. The van der Waals surface area contributed by atoms with Crippen LogP contribution < -0.4 is 4.90 Å². The van der Waals surface area contributed by atoms with Crippen LogP contribution in [-0.2, 0) is 23.1 Å². The molecule has 11 heteroatoms. The number of likely N-dealkylation sites (tertiary alicyclic amines) is 1. The number of rotatable bonds is 8. The normalized spacial score (nSPS) is 20.2. The third kappa shape index (κ3) is 6.19. The van der Waals surface area contributed by atoms with E-state index in [2.05, 4.69) is 51.4 Å². The maximum absolute atomic E-state index is 13.4. The molecule has 0 bridgehead atoms. The molecule has 2 unspecified atom stereocenters. The molecule has 240 valence electrons. The summed E-state index contributed by atoms with van der Waals surface area (Å²) in [5, 5.41) is 8.64. The monoisotopic (exact) mass is 632 g/mol. The second kappa shape index (κ2) is 12.7. The molecule has 3 aromatic carbocycles. The van der Waals surface area contributed by atoms with Gasteiger partial charge in [-0.25, -0.2) is 4.68 Å². The Balaban J connectivity index is 1.33. The first kappa shape index (κ1) is 31.5. The number of aromatic nitrogens is 3. The fraction of sp³-hybridized carbons (Fsp3) is 0.441. The number of likely N-dealkylation sites (N-methyl/N-ethyl adjacent to an activating group) is 2. The van der Waals surface area contributed by atoms with Gasteiger partial charge < -0.3 is 14.5 Å². The van der Waals surface area contributed by atoms with Crippen LogP contribution in [0.3, 0.4) is 0 Å². The summed E-state index contributed by atoms with van der Waals surface area (Å²) in [4.78, 5) is 18.3. The minimum atomic E-state index is -3.22. The van der Waals surface area contributed by atoms with Gasteiger partial charge in [-0.3, -0.25) is 13.9 Å². The van der Waals surface area contributed by atoms with Crippen LogP contribution in [0, 0.1) is 13.8 Å². The summed E-state index contributed by atoms with van der Waals surface area (Å²) < 4.78 is 32.6. The van der Waals surface area contributed by atoms with Gasteiger partial charge >= 0.3 is 5.97 Å². The van der Waals surface area contributed by atoms with Crippen LogP contribution in [0.2, 0.25) is 0 Å². The van der Waals surface area contributed by atoms with E-state index in [9.17, 15) is 13.9 Å². The molecular formula is C34H44N6O4S. The van der Waals surface area contributed by atoms with E-state index in [0.29, 0.717) is 31.1 Å². The van der Waals surface area contributed by atoms with Crippen molar-refractivity contribution in [1.29, 1.82) is 0 Å². The molecule has 0 aliphatic carbocycles. The van der Waals surface area contributed by atoms with Gasteiger partial charge in [-0.2, -0.15) is 4.31 Å². The maximum atomic E-state index is 13.4. The van der Waals surface area contributed by atoms with Crippen molar-refractivity contribution in [3.05, 3.63) is 82.4 Å². The summed E-state index contributed by atoms with van der Waals surface area (Å²) in [6, 6.07) is 18.1. The largest absolute Gasteiger partial charge is 0.464 e. The number of benzene rings is 3. The first-order valence-corrected chi connectivity index (χ1v) is 17.1. The highest BCUT2D eigenvalue weighted by Gasteiger charge is 2.33. The van der Waals surface area contributed by atoms with Crippen LogP contribution in [0.15, 0.2) is 59.5 Å². The third-order valence-electron chi connectivity index (χ3n) is 9.67. The lowest BCUT2D eigenvalue weighted by molar-refractivity contribution is -0.145. The number of hydrogen-bond acceptors (Lipinski definition) is 9. The van der Waals surface area contributed by atoms with E-state index in [1.807, 2.05) is 52.2 Å². The molecule has 6 rings (SSSR count). The highest BCUT2D eigenvalue weighted by atomic mass is 32.3. The highest BCUT2D eigenvalue weighted by molar-refractivity contribution is 8.22. The summed E-state index contributed by atoms with van der Waals surface area (Å²) >= 11 is 0. The molecule has 3 heterocycles. The number of para-hydroxylation sites is 1. The van der Waals surface area contributed by atoms with Gasteiger partial charge in [0.2, 0.25) is 0 Å². The Morgan fingerprint density at radius 2 is 1.84 bits per heavy atom. The molecule has 0 spiro atoms. The topological polar surface area (TPSA) is 107 Å². The van der Waals surface area contributed by atoms with Gasteiger partial charge in [0.15, 0.2) is 0 Å². The first-order valence-electron chi connectivity index (χ1n) is 15.6. The van der Waals surface area contributed by atoms with Crippen molar-refractivity contribution in [3.8, 4) is 0 Å². The fourth-order valence-electron chi connectivity index (χ4n) is 6.73. The molecule has 1 fully saturated rings. The van der Waals surface area contributed by atoms with E-state index in [4.69, 9.17) is 4.74 Å². The summed E-state index contributed by atoms with van der Waals surface area (Å²) in [5.41, 5.74) is 7.58. The lowest BCUT2D eigenvalue weighted by Crippen LogP contribution is -2.31. The average Bonchev–Trinajstić information content (AvgIpc) is 3.60. The minimum absolute atomic E-state index is 0.183. The predicted molar refractivity (Wildman–Crippen MR) is 179 cm³/mol. The van der Waals surface area contributed by atoms with Crippen molar-refractivity contribution in [1.82, 2.24) is 24.2 Å². The molecule has 1 aromatic heterocycles. The Hall–Kier alpha value is -3.48. The SMILES string of the molecule is Cc1ccc(C(CC(=O)OCC2CCCN2C)c2ccc3c(nnn3C)c2C)cc1CN1CCN(C)c2ccccc2S1(O)O. The van der Waals surface area contributed by atoms with Crippen LogP contribution in [0.5, 0.6) is 0 Å². The van der Waals surface area contributed by atoms with Gasteiger partial charge in [0.05, 0.1) is 22.5 Å². The van der Waals surface area contributed by atoms with Crippen LogP contribution >= 0.6 is 10.8 Å². The molecular weight excluding hydrogens is 588 g/mol. The van der Waals surface area contributed by atoms with Crippen LogP contribution in [-0.4, -0.2) is 85.7 Å². The van der Waals surface area contributed by atoms with Gasteiger partial charge in [-0.1, -0.05) is 41.6 Å². The lowest BCUT2D eigenvalue weighted by atomic mass is 9.84. The van der Waals surface area contributed by atoms with Gasteiger partial charge in [-0.15, -0.1) is 15.9 Å². The average molecular weight is 633 g/mol. The lowest BCUT2D eigenvalue weighted by Gasteiger charge is -2.42. The zero-order chi connectivity index (χ0) is 31.9. The molecule has 2 aliphatic heterocycles. The van der Waals surface area contributed by atoms with Crippen molar-refractivity contribution in [2.24, 2.45) is 7.05 Å². The Morgan fingerprint density at radius 3 is 2.62 bits per heavy atom. The Morgan fingerprint density at radius 1 is 1.04 bits per heavy atom. The van der Waals surface area contributed by atoms with E-state index in [-0.39, 0.29) is 24.3 Å². The molecule has 1 saturated heterocycles. The number of hydrogen-bond donors (Lipinski definition) is 2. The quantitative estimate of drug-likeness (QED) is 0.236. The Labute approximate surface area is 267 Å². The van der Waals surface area contributed by atoms with Gasteiger partial charge in [0.1, 0.15) is 12.1 Å². The summed E-state index contributed by atoms with van der Waals surface area (Å²) in [6.45, 7) is 7.01. The first-order chi connectivity index (χ1) is 21.5. The number of ether oxygens (including phenoxy) is 1. The maximum Gasteiger partial charge on any atom is 0.306 e. The van der Waals surface area contributed by atoms with Crippen molar-refractivity contribution in [2.75, 3.05) is 45.2 Å². The van der Waals surface area contributed by atoms with Crippen molar-refractivity contribution < 1.29 is 18.6 Å². The van der Waals surface area contributed by atoms with Crippen LogP contribution in [0.25, 0.3) is 11.0 Å². The molecule has 45 heavy (non-hydrogen) atoms. The molecule has 2 aliphatic rings. The van der Waals surface area contributed by atoms with Crippen molar-refractivity contribution >= 4 is 33.5 Å². The summed E-state index contributed by atoms with van der Waals surface area (Å²) in [7, 11) is 2.71. The molecule has 0 amide bonds. The number of esters is 1. The summed E-state index contributed by atoms with van der Waals surface area (Å²) in [6.07, 6.45) is 2.34. The number of fused-ring (bicyclic) bond motifs is 2. The second-order valence-electron chi connectivity index (χ2n) is 12.5. The number of nitrogens with zero attached hydrogens (tertiary/aromatic N) is 6.